The summed E-state index contributed by atoms with van der Waals surface area (Å²) in [6.45, 7) is 3.30. The van der Waals surface area contributed by atoms with Crippen LogP contribution in [0.3, 0.4) is 0 Å². The third kappa shape index (κ3) is 3.37. The Hall–Kier alpha value is -2.41. The predicted octanol–water partition coefficient (Wildman–Crippen LogP) is 2.26. The van der Waals surface area contributed by atoms with Crippen molar-refractivity contribution in [3.63, 3.8) is 0 Å². The number of aromatic nitrogens is 3. The van der Waals surface area contributed by atoms with Gasteiger partial charge in [0.05, 0.1) is 24.8 Å². The number of morpholine rings is 1. The molecule has 0 spiro atoms. The first-order chi connectivity index (χ1) is 12.2. The molecule has 7 nitrogen and oxygen atoms in total. The van der Waals surface area contributed by atoms with Crippen LogP contribution >= 0.6 is 0 Å². The Morgan fingerprint density at radius 1 is 1.36 bits per heavy atom. The molecule has 0 radical (unpaired) electrons. The van der Waals surface area contributed by atoms with Gasteiger partial charge in [0, 0.05) is 6.54 Å². The van der Waals surface area contributed by atoms with Gasteiger partial charge in [-0.15, -0.1) is 0 Å². The summed E-state index contributed by atoms with van der Waals surface area (Å²) in [5.41, 5.74) is 0.612. The molecular weight excluding hydrogens is 320 g/mol. The van der Waals surface area contributed by atoms with Crippen molar-refractivity contribution in [2.24, 2.45) is 0 Å². The molecule has 2 fully saturated rings. The number of benzene rings is 1. The first-order valence-corrected chi connectivity index (χ1v) is 8.76. The van der Waals surface area contributed by atoms with E-state index in [-0.39, 0.29) is 18.1 Å². The molecule has 7 heteroatoms. The standard InChI is InChI=1S/C18H22N4O3/c1-12-19-17(21-20-12)16-11-22(9-10-24-16)18(23)14-7-2-3-8-15(14)25-13-5-4-6-13/h2-3,7-8,13,16H,4-6,9-11H2,1H3,(H,19,20,21)/t16-/m0/s1. The zero-order chi connectivity index (χ0) is 17.2. The first kappa shape index (κ1) is 16.1. The highest BCUT2D eigenvalue weighted by Crippen LogP contribution is 2.29. The van der Waals surface area contributed by atoms with Crippen molar-refractivity contribution in [3.8, 4) is 5.75 Å². The Kier molecular flexibility index (Phi) is 4.40. The van der Waals surface area contributed by atoms with Gasteiger partial charge in [-0.25, -0.2) is 4.98 Å². The Balaban J connectivity index is 1.50. The van der Waals surface area contributed by atoms with Gasteiger partial charge in [0.25, 0.3) is 5.91 Å². The van der Waals surface area contributed by atoms with E-state index in [2.05, 4.69) is 15.2 Å². The lowest BCUT2D eigenvalue weighted by atomic mass is 9.96. The van der Waals surface area contributed by atoms with Gasteiger partial charge in [0.2, 0.25) is 0 Å². The minimum absolute atomic E-state index is 0.0320. The molecule has 2 aromatic rings. The molecule has 2 aliphatic rings. The number of nitrogens with one attached hydrogen (secondary N) is 1. The number of H-pyrrole nitrogens is 1. The van der Waals surface area contributed by atoms with E-state index < -0.39 is 0 Å². The van der Waals surface area contributed by atoms with E-state index in [1.165, 1.54) is 6.42 Å². The number of hydrogen-bond acceptors (Lipinski definition) is 5. The number of aryl methyl sites for hydroxylation is 1. The van der Waals surface area contributed by atoms with Gasteiger partial charge < -0.3 is 14.4 Å². The number of amides is 1. The van der Waals surface area contributed by atoms with Crippen LogP contribution in [0.4, 0.5) is 0 Å². The Morgan fingerprint density at radius 2 is 2.20 bits per heavy atom. The van der Waals surface area contributed by atoms with Gasteiger partial charge in [0.15, 0.2) is 5.82 Å². The van der Waals surface area contributed by atoms with Gasteiger partial charge in [-0.1, -0.05) is 12.1 Å². The van der Waals surface area contributed by atoms with Crippen molar-refractivity contribution in [1.82, 2.24) is 20.1 Å². The lowest BCUT2D eigenvalue weighted by Crippen LogP contribution is -2.42. The molecule has 4 rings (SSSR count). The summed E-state index contributed by atoms with van der Waals surface area (Å²) in [6.07, 6.45) is 3.26. The molecule has 1 aliphatic carbocycles. The second-order valence-corrected chi connectivity index (χ2v) is 6.56. The van der Waals surface area contributed by atoms with Crippen LogP contribution in [0.5, 0.6) is 5.75 Å². The molecule has 132 valence electrons. The monoisotopic (exact) mass is 342 g/mol. The van der Waals surface area contributed by atoms with Crippen LogP contribution < -0.4 is 4.74 Å². The van der Waals surface area contributed by atoms with Crippen LogP contribution in [0, 0.1) is 6.92 Å². The van der Waals surface area contributed by atoms with Gasteiger partial charge in [-0.05, 0) is 38.3 Å². The minimum atomic E-state index is -0.303. The van der Waals surface area contributed by atoms with E-state index in [0.717, 1.165) is 18.7 Å². The van der Waals surface area contributed by atoms with Crippen molar-refractivity contribution in [3.05, 3.63) is 41.5 Å². The van der Waals surface area contributed by atoms with Crippen molar-refractivity contribution in [2.45, 2.75) is 38.4 Å². The molecule has 2 heterocycles. The maximum atomic E-state index is 13.0. The van der Waals surface area contributed by atoms with Crippen molar-refractivity contribution < 1.29 is 14.3 Å². The summed E-state index contributed by atoms with van der Waals surface area (Å²) in [6, 6.07) is 7.49. The van der Waals surface area contributed by atoms with Crippen molar-refractivity contribution >= 4 is 5.91 Å². The largest absolute Gasteiger partial charge is 0.490 e. The summed E-state index contributed by atoms with van der Waals surface area (Å²) in [5, 5.41) is 6.98. The maximum absolute atomic E-state index is 13.0. The van der Waals surface area contributed by atoms with E-state index >= 15 is 0 Å². The number of para-hydroxylation sites is 1. The molecule has 0 unspecified atom stereocenters. The van der Waals surface area contributed by atoms with E-state index in [0.29, 0.717) is 36.8 Å². The molecule has 1 aromatic carbocycles. The maximum Gasteiger partial charge on any atom is 0.257 e. The van der Waals surface area contributed by atoms with Gasteiger partial charge in [0.1, 0.15) is 17.7 Å². The number of nitrogens with zero attached hydrogens (tertiary/aromatic N) is 3. The van der Waals surface area contributed by atoms with Gasteiger partial charge in [-0.3, -0.25) is 9.89 Å². The summed E-state index contributed by atoms with van der Waals surface area (Å²) in [4.78, 5) is 19.1. The fourth-order valence-electron chi connectivity index (χ4n) is 3.08. The van der Waals surface area contributed by atoms with E-state index in [1.807, 2.05) is 31.2 Å². The number of rotatable bonds is 4. The topological polar surface area (TPSA) is 80.3 Å². The molecule has 0 bridgehead atoms. The summed E-state index contributed by atoms with van der Waals surface area (Å²) < 4.78 is 11.7. The molecule has 1 saturated heterocycles. The fourth-order valence-corrected chi connectivity index (χ4v) is 3.08. The number of carbonyl (C=O) groups is 1. The highest BCUT2D eigenvalue weighted by Gasteiger charge is 2.30. The Morgan fingerprint density at radius 3 is 2.92 bits per heavy atom. The minimum Gasteiger partial charge on any atom is -0.490 e. The summed E-state index contributed by atoms with van der Waals surface area (Å²) >= 11 is 0. The molecule has 25 heavy (non-hydrogen) atoms. The number of carbonyl (C=O) groups excluding carboxylic acids is 1. The van der Waals surface area contributed by atoms with Crippen LogP contribution in [-0.2, 0) is 4.74 Å². The van der Waals surface area contributed by atoms with Crippen LogP contribution in [0.25, 0.3) is 0 Å². The Labute approximate surface area is 146 Å². The zero-order valence-corrected chi connectivity index (χ0v) is 14.3. The first-order valence-electron chi connectivity index (χ1n) is 8.76. The lowest BCUT2D eigenvalue weighted by Gasteiger charge is -2.33. The van der Waals surface area contributed by atoms with E-state index in [9.17, 15) is 4.79 Å². The van der Waals surface area contributed by atoms with Crippen molar-refractivity contribution in [1.29, 1.82) is 0 Å². The SMILES string of the molecule is Cc1nc([C@@H]2CN(C(=O)c3ccccc3OC3CCC3)CCO2)n[nH]1. The van der Waals surface area contributed by atoms with Crippen LogP contribution in [0.15, 0.2) is 24.3 Å². The van der Waals surface area contributed by atoms with E-state index in [1.54, 1.807) is 4.90 Å². The molecule has 1 saturated carbocycles. The molecule has 1 amide bonds. The average molecular weight is 342 g/mol. The summed E-state index contributed by atoms with van der Waals surface area (Å²) in [5.74, 6) is 1.97. The third-order valence-electron chi connectivity index (χ3n) is 4.72. The van der Waals surface area contributed by atoms with E-state index in [4.69, 9.17) is 9.47 Å². The smallest absolute Gasteiger partial charge is 0.257 e. The summed E-state index contributed by atoms with van der Waals surface area (Å²) in [7, 11) is 0. The van der Waals surface area contributed by atoms with Gasteiger partial charge >= 0.3 is 0 Å². The van der Waals surface area contributed by atoms with Gasteiger partial charge in [-0.2, -0.15) is 5.10 Å². The third-order valence-corrected chi connectivity index (χ3v) is 4.72. The normalized spacial score (nSPS) is 21.0. The van der Waals surface area contributed by atoms with Crippen molar-refractivity contribution in [2.75, 3.05) is 19.7 Å². The number of hydrogen-bond donors (Lipinski definition) is 1. The Bertz CT molecular complexity index is 756. The second-order valence-electron chi connectivity index (χ2n) is 6.56. The molecular formula is C18H22N4O3. The quantitative estimate of drug-likeness (QED) is 0.922. The fraction of sp³-hybridized carbons (Fsp3) is 0.500. The average Bonchev–Trinajstić information content (AvgIpc) is 3.04. The molecule has 1 N–H and O–H groups in total. The molecule has 1 atom stereocenters. The second kappa shape index (κ2) is 6.84. The zero-order valence-electron chi connectivity index (χ0n) is 14.3. The lowest BCUT2D eigenvalue weighted by molar-refractivity contribution is -0.0268. The number of aromatic amines is 1. The number of ether oxygens (including phenoxy) is 2. The van der Waals surface area contributed by atoms with Crippen LogP contribution in [0.1, 0.15) is 47.4 Å². The molecule has 1 aliphatic heterocycles. The highest BCUT2D eigenvalue weighted by atomic mass is 16.5. The predicted molar refractivity (Wildman–Crippen MR) is 90.4 cm³/mol. The highest BCUT2D eigenvalue weighted by molar-refractivity contribution is 5.97. The van der Waals surface area contributed by atoms with Crippen LogP contribution in [0.2, 0.25) is 0 Å². The molecule has 1 aromatic heterocycles. The van der Waals surface area contributed by atoms with Crippen LogP contribution in [-0.4, -0.2) is 51.8 Å².